The minimum atomic E-state index is -3.93. The molecule has 0 aromatic heterocycles. The fourth-order valence-electron chi connectivity index (χ4n) is 1.44. The number of hydrogen-bond acceptors (Lipinski definition) is 4. The molecule has 0 aliphatic heterocycles. The van der Waals surface area contributed by atoms with Crippen LogP contribution >= 0.6 is 15.9 Å². The number of carboxylic acids is 1. The highest BCUT2D eigenvalue weighted by Gasteiger charge is 2.21. The zero-order chi connectivity index (χ0) is 15.5. The molecule has 0 aliphatic carbocycles. The molecule has 0 heterocycles. The Bertz CT molecular complexity index is 657. The monoisotopic (exact) mass is 364 g/mol. The third-order valence-corrected chi connectivity index (χ3v) is 5.22. The van der Waals surface area contributed by atoms with E-state index in [2.05, 4.69) is 20.7 Å². The number of aryl methyl sites for hydroxylation is 1. The highest BCUT2D eigenvalue weighted by atomic mass is 79.9. The zero-order valence-corrected chi connectivity index (χ0v) is 12.9. The van der Waals surface area contributed by atoms with Crippen molar-refractivity contribution in [1.29, 1.82) is 0 Å². The average molecular weight is 365 g/mol. The highest BCUT2D eigenvalue weighted by Crippen LogP contribution is 2.27. The van der Waals surface area contributed by atoms with E-state index in [1.54, 1.807) is 6.92 Å². The van der Waals surface area contributed by atoms with Crippen molar-refractivity contribution < 1.29 is 23.1 Å². The summed E-state index contributed by atoms with van der Waals surface area (Å²) in [5.74, 6) is -1.86. The van der Waals surface area contributed by atoms with Gasteiger partial charge in [-0.1, -0.05) is 0 Å². The minimum absolute atomic E-state index is 0.138. The maximum atomic E-state index is 12.1. The first kappa shape index (κ1) is 16.6. The molecule has 1 amide bonds. The van der Waals surface area contributed by atoms with Crippen molar-refractivity contribution in [3.8, 4) is 0 Å². The summed E-state index contributed by atoms with van der Waals surface area (Å²) in [6, 6.07) is 2.40. The summed E-state index contributed by atoms with van der Waals surface area (Å²) < 4.78 is 26.6. The molecule has 0 fully saturated rings. The maximum absolute atomic E-state index is 12.1. The first-order valence-corrected chi connectivity index (χ1v) is 7.74. The molecule has 0 atom stereocenters. The number of carbonyl (C=O) groups excluding carboxylic acids is 1. The molecule has 9 heteroatoms. The zero-order valence-electron chi connectivity index (χ0n) is 10.5. The molecule has 0 saturated heterocycles. The van der Waals surface area contributed by atoms with Gasteiger partial charge in [0.05, 0.1) is 10.5 Å². The van der Waals surface area contributed by atoms with Crippen LogP contribution < -0.4 is 10.5 Å². The van der Waals surface area contributed by atoms with E-state index in [4.69, 9.17) is 10.8 Å². The molecule has 110 valence electrons. The van der Waals surface area contributed by atoms with E-state index in [1.165, 1.54) is 6.07 Å². The van der Waals surface area contributed by atoms with Gasteiger partial charge in [-0.15, -0.1) is 0 Å². The lowest BCUT2D eigenvalue weighted by Crippen LogP contribution is -2.28. The molecular formula is C11H13BrN2O5S. The summed E-state index contributed by atoms with van der Waals surface area (Å²) in [7, 11) is -3.93. The van der Waals surface area contributed by atoms with Crippen LogP contribution in [-0.2, 0) is 14.8 Å². The van der Waals surface area contributed by atoms with Crippen molar-refractivity contribution >= 4 is 37.8 Å². The number of rotatable bonds is 6. The average Bonchev–Trinajstić information content (AvgIpc) is 2.31. The number of nitrogens with one attached hydrogen (secondary N) is 1. The van der Waals surface area contributed by atoms with Crippen LogP contribution in [0.25, 0.3) is 0 Å². The normalized spacial score (nSPS) is 11.3. The number of amides is 1. The first-order chi connectivity index (χ1) is 9.15. The molecular weight excluding hydrogens is 352 g/mol. The Morgan fingerprint density at radius 3 is 2.50 bits per heavy atom. The number of sulfonamides is 1. The molecule has 4 N–H and O–H groups in total. The third kappa shape index (κ3) is 4.02. The summed E-state index contributed by atoms with van der Waals surface area (Å²) >= 11 is 3.12. The number of benzene rings is 1. The van der Waals surface area contributed by atoms with Crippen LogP contribution in [0.4, 0.5) is 0 Å². The highest BCUT2D eigenvalue weighted by molar-refractivity contribution is 9.10. The van der Waals surface area contributed by atoms with Gasteiger partial charge >= 0.3 is 5.97 Å². The number of primary amides is 1. The van der Waals surface area contributed by atoms with Crippen LogP contribution in [0.15, 0.2) is 21.5 Å². The number of carboxylic acid groups (broad SMARTS) is 1. The largest absolute Gasteiger partial charge is 0.478 e. The van der Waals surface area contributed by atoms with Crippen molar-refractivity contribution in [2.45, 2.75) is 18.2 Å². The summed E-state index contributed by atoms with van der Waals surface area (Å²) in [4.78, 5) is 21.3. The van der Waals surface area contributed by atoms with E-state index in [0.717, 1.165) is 6.07 Å². The van der Waals surface area contributed by atoms with Gasteiger partial charge in [-0.2, -0.15) is 0 Å². The van der Waals surface area contributed by atoms with Crippen molar-refractivity contribution in [3.05, 3.63) is 27.7 Å². The quantitative estimate of drug-likeness (QED) is 0.681. The van der Waals surface area contributed by atoms with E-state index in [1.807, 2.05) is 0 Å². The molecule has 0 spiro atoms. The second-order valence-corrected chi connectivity index (χ2v) is 6.55. The van der Waals surface area contributed by atoms with E-state index < -0.39 is 21.9 Å². The number of aromatic carboxylic acids is 1. The van der Waals surface area contributed by atoms with Crippen molar-refractivity contribution in [1.82, 2.24) is 4.72 Å². The summed E-state index contributed by atoms with van der Waals surface area (Å²) in [6.45, 7) is 1.43. The minimum Gasteiger partial charge on any atom is -0.478 e. The lowest BCUT2D eigenvalue weighted by atomic mass is 10.1. The van der Waals surface area contributed by atoms with E-state index in [9.17, 15) is 18.0 Å². The van der Waals surface area contributed by atoms with Gasteiger partial charge in [-0.3, -0.25) is 4.79 Å². The summed E-state index contributed by atoms with van der Waals surface area (Å²) in [6.07, 6.45) is -0.144. The van der Waals surface area contributed by atoms with Gasteiger partial charge in [0.2, 0.25) is 15.9 Å². The topological polar surface area (TPSA) is 127 Å². The molecule has 0 aliphatic rings. The second kappa shape index (κ2) is 6.33. The van der Waals surface area contributed by atoms with Crippen molar-refractivity contribution in [2.24, 2.45) is 5.73 Å². The Balaban J connectivity index is 3.17. The molecule has 0 radical (unpaired) electrons. The van der Waals surface area contributed by atoms with E-state index >= 15 is 0 Å². The van der Waals surface area contributed by atoms with Crippen molar-refractivity contribution in [3.63, 3.8) is 0 Å². The van der Waals surface area contributed by atoms with Gasteiger partial charge in [0.25, 0.3) is 0 Å². The Hall–Kier alpha value is -1.45. The van der Waals surface area contributed by atoms with Crippen LogP contribution in [0.2, 0.25) is 0 Å². The molecule has 20 heavy (non-hydrogen) atoms. The smallest absolute Gasteiger partial charge is 0.335 e. The molecule has 1 aromatic carbocycles. The molecule has 0 unspecified atom stereocenters. The molecule has 0 saturated carbocycles. The van der Waals surface area contributed by atoms with Gasteiger partial charge in [-0.05, 0) is 40.5 Å². The van der Waals surface area contributed by atoms with Crippen LogP contribution in [-0.4, -0.2) is 31.9 Å². The third-order valence-electron chi connectivity index (χ3n) is 2.42. The Kier molecular flexibility index (Phi) is 5.26. The van der Waals surface area contributed by atoms with Crippen LogP contribution in [0, 0.1) is 6.92 Å². The fraction of sp³-hybridized carbons (Fsp3) is 0.273. The summed E-state index contributed by atoms with van der Waals surface area (Å²) in [5.41, 5.74) is 5.25. The molecule has 1 aromatic rings. The Morgan fingerprint density at radius 2 is 2.00 bits per heavy atom. The molecule has 7 nitrogen and oxygen atoms in total. The first-order valence-electron chi connectivity index (χ1n) is 5.46. The van der Waals surface area contributed by atoms with Crippen molar-refractivity contribution in [2.75, 3.05) is 6.54 Å². The van der Waals surface area contributed by atoms with Crippen LogP contribution in [0.3, 0.4) is 0 Å². The van der Waals surface area contributed by atoms with Gasteiger partial charge < -0.3 is 10.8 Å². The SMILES string of the molecule is Cc1cc(C(=O)O)cc(S(=O)(=O)NCCC(N)=O)c1Br. The van der Waals surface area contributed by atoms with Crippen LogP contribution in [0.1, 0.15) is 22.3 Å². The maximum Gasteiger partial charge on any atom is 0.335 e. The van der Waals surface area contributed by atoms with E-state index in [-0.39, 0.29) is 27.9 Å². The predicted molar refractivity (Wildman–Crippen MR) is 74.8 cm³/mol. The van der Waals surface area contributed by atoms with Gasteiger partial charge in [0, 0.05) is 17.4 Å². The Labute approximate surface area is 124 Å². The standard InChI is InChI=1S/C11H13BrN2O5S/c1-6-4-7(11(16)17)5-8(10(6)12)20(18,19)14-3-2-9(13)15/h4-5,14H,2-3H2,1H3,(H2,13,15)(H,16,17). The number of carbonyl (C=O) groups is 2. The summed E-state index contributed by atoms with van der Waals surface area (Å²) in [5, 5.41) is 8.95. The van der Waals surface area contributed by atoms with Gasteiger partial charge in [-0.25, -0.2) is 17.9 Å². The van der Waals surface area contributed by atoms with Crippen LogP contribution in [0.5, 0.6) is 0 Å². The predicted octanol–water partition coefficient (Wildman–Crippen LogP) is 0.609. The van der Waals surface area contributed by atoms with Gasteiger partial charge in [0.1, 0.15) is 0 Å². The molecule has 0 bridgehead atoms. The number of halogens is 1. The second-order valence-electron chi connectivity index (χ2n) is 4.02. The number of nitrogens with two attached hydrogens (primary N) is 1. The fourth-order valence-corrected chi connectivity index (χ4v) is 3.52. The lowest BCUT2D eigenvalue weighted by molar-refractivity contribution is -0.117. The number of hydrogen-bond donors (Lipinski definition) is 3. The molecule has 1 rings (SSSR count). The van der Waals surface area contributed by atoms with Gasteiger partial charge in [0.15, 0.2) is 0 Å². The Morgan fingerprint density at radius 1 is 1.40 bits per heavy atom. The lowest BCUT2D eigenvalue weighted by Gasteiger charge is -2.11. The van der Waals surface area contributed by atoms with E-state index in [0.29, 0.717) is 5.56 Å².